The first kappa shape index (κ1) is 18.1. The van der Waals surface area contributed by atoms with Crippen LogP contribution in [0.2, 0.25) is 0 Å². The van der Waals surface area contributed by atoms with E-state index in [9.17, 15) is 4.79 Å². The van der Waals surface area contributed by atoms with Gasteiger partial charge >= 0.3 is 0 Å². The van der Waals surface area contributed by atoms with Gasteiger partial charge in [-0.3, -0.25) is 4.79 Å². The van der Waals surface area contributed by atoms with Crippen molar-refractivity contribution in [3.05, 3.63) is 30.1 Å². The SMILES string of the molecule is CN1C[C@@H]2C[C@@]3(C)[C@H](CCCC[C@@H]13)N2C(=O)COCc1nc2ccccc2[nH]1. The molecule has 1 saturated carbocycles. The maximum absolute atomic E-state index is 13.2. The Morgan fingerprint density at radius 2 is 2.07 bits per heavy atom. The zero-order valence-electron chi connectivity index (χ0n) is 16.9. The summed E-state index contributed by atoms with van der Waals surface area (Å²) in [6.07, 6.45) is 6.03. The molecule has 4 atom stereocenters. The second kappa shape index (κ2) is 6.85. The minimum Gasteiger partial charge on any atom is -0.364 e. The number of rotatable bonds is 4. The van der Waals surface area contributed by atoms with Crippen molar-refractivity contribution >= 4 is 16.9 Å². The van der Waals surface area contributed by atoms with Gasteiger partial charge in [-0.25, -0.2) is 4.98 Å². The van der Waals surface area contributed by atoms with Crippen LogP contribution in [0.3, 0.4) is 0 Å². The van der Waals surface area contributed by atoms with Crippen LogP contribution in [0.1, 0.15) is 44.9 Å². The molecule has 2 saturated heterocycles. The molecule has 3 fully saturated rings. The van der Waals surface area contributed by atoms with Gasteiger partial charge in [0, 0.05) is 30.1 Å². The number of carbonyl (C=O) groups excluding carboxylic acids is 1. The molecule has 6 nitrogen and oxygen atoms in total. The molecule has 1 N–H and O–H groups in total. The number of carbonyl (C=O) groups is 1. The van der Waals surface area contributed by atoms with Gasteiger partial charge < -0.3 is 19.5 Å². The molecule has 2 bridgehead atoms. The fourth-order valence-corrected chi connectivity index (χ4v) is 6.24. The minimum absolute atomic E-state index is 0.133. The number of aromatic nitrogens is 2. The summed E-state index contributed by atoms with van der Waals surface area (Å²) in [5.41, 5.74) is 2.16. The highest BCUT2D eigenvalue weighted by molar-refractivity contribution is 5.79. The number of aromatic amines is 1. The van der Waals surface area contributed by atoms with Crippen molar-refractivity contribution in [2.45, 2.75) is 63.8 Å². The average molecular weight is 383 g/mol. The number of benzene rings is 1. The molecule has 0 spiro atoms. The van der Waals surface area contributed by atoms with Crippen LogP contribution in [0.25, 0.3) is 11.0 Å². The number of piperidine rings is 1. The third kappa shape index (κ3) is 2.85. The number of hydrogen-bond acceptors (Lipinski definition) is 4. The van der Waals surface area contributed by atoms with Crippen molar-refractivity contribution in [1.29, 1.82) is 0 Å². The predicted octanol–water partition coefficient (Wildman–Crippen LogP) is 2.94. The number of para-hydroxylation sites is 2. The summed E-state index contributed by atoms with van der Waals surface area (Å²) in [6.45, 7) is 3.88. The van der Waals surface area contributed by atoms with Gasteiger partial charge in [0.25, 0.3) is 0 Å². The molecule has 5 rings (SSSR count). The summed E-state index contributed by atoms with van der Waals surface area (Å²) in [5.74, 6) is 0.918. The van der Waals surface area contributed by atoms with Crippen LogP contribution in [0.4, 0.5) is 0 Å². The van der Waals surface area contributed by atoms with E-state index in [0.29, 0.717) is 24.7 Å². The number of imidazole rings is 1. The van der Waals surface area contributed by atoms with E-state index in [1.54, 1.807) is 0 Å². The quantitative estimate of drug-likeness (QED) is 0.883. The van der Waals surface area contributed by atoms with Crippen LogP contribution in [0.5, 0.6) is 0 Å². The number of nitrogens with zero attached hydrogens (tertiary/aromatic N) is 3. The molecule has 6 heteroatoms. The summed E-state index contributed by atoms with van der Waals surface area (Å²) >= 11 is 0. The summed E-state index contributed by atoms with van der Waals surface area (Å²) in [6, 6.07) is 9.23. The van der Waals surface area contributed by atoms with Crippen LogP contribution < -0.4 is 0 Å². The molecule has 1 aromatic carbocycles. The van der Waals surface area contributed by atoms with Crippen molar-refractivity contribution in [3.8, 4) is 0 Å². The Kier molecular flexibility index (Phi) is 4.43. The van der Waals surface area contributed by atoms with Gasteiger partial charge in [-0.05, 0) is 38.4 Å². The van der Waals surface area contributed by atoms with Crippen LogP contribution in [0, 0.1) is 5.41 Å². The van der Waals surface area contributed by atoms with Gasteiger partial charge in [-0.1, -0.05) is 31.9 Å². The van der Waals surface area contributed by atoms with Gasteiger partial charge in [0.2, 0.25) is 5.91 Å². The van der Waals surface area contributed by atoms with Gasteiger partial charge in [-0.15, -0.1) is 0 Å². The standard InChI is InChI=1S/C22H30N4O2/c1-22-11-15-12-25(2)18(22)9-5-6-10-19(22)26(15)21(27)14-28-13-20-23-16-7-3-4-8-17(16)24-20/h3-4,7-8,15,18-19H,5-6,9-14H2,1-2H3,(H,23,24)/t15-,18+,19-,22+/m0/s1. The van der Waals surface area contributed by atoms with Crippen LogP contribution in [-0.2, 0) is 16.1 Å². The third-order valence-electron chi connectivity index (χ3n) is 7.35. The molecule has 2 aromatic rings. The highest BCUT2D eigenvalue weighted by Gasteiger charge is 2.58. The Morgan fingerprint density at radius 1 is 1.29 bits per heavy atom. The lowest BCUT2D eigenvalue weighted by Gasteiger charge is -2.44. The van der Waals surface area contributed by atoms with E-state index in [4.69, 9.17) is 4.74 Å². The first-order valence-corrected chi connectivity index (χ1v) is 10.6. The van der Waals surface area contributed by atoms with Crippen molar-refractivity contribution in [2.24, 2.45) is 5.41 Å². The number of fused-ring (bicyclic) bond motifs is 2. The minimum atomic E-state index is 0.133. The first-order chi connectivity index (χ1) is 13.6. The monoisotopic (exact) mass is 382 g/mol. The van der Waals surface area contributed by atoms with Gasteiger partial charge in [0.05, 0.1) is 11.0 Å². The van der Waals surface area contributed by atoms with E-state index < -0.39 is 0 Å². The van der Waals surface area contributed by atoms with Crippen molar-refractivity contribution in [3.63, 3.8) is 0 Å². The summed E-state index contributed by atoms with van der Waals surface area (Å²) < 4.78 is 5.80. The van der Waals surface area contributed by atoms with E-state index >= 15 is 0 Å². The van der Waals surface area contributed by atoms with Gasteiger partial charge in [0.1, 0.15) is 19.0 Å². The number of ether oxygens (including phenoxy) is 1. The van der Waals surface area contributed by atoms with E-state index in [1.165, 1.54) is 19.3 Å². The first-order valence-electron chi connectivity index (χ1n) is 10.6. The Hall–Kier alpha value is -1.92. The van der Waals surface area contributed by atoms with Crippen LogP contribution >= 0.6 is 0 Å². The van der Waals surface area contributed by atoms with Crippen LogP contribution in [0.15, 0.2) is 24.3 Å². The van der Waals surface area contributed by atoms with Crippen molar-refractivity contribution < 1.29 is 9.53 Å². The number of amides is 1. The zero-order valence-corrected chi connectivity index (χ0v) is 16.9. The number of hydrogen-bond donors (Lipinski definition) is 1. The summed E-state index contributed by atoms with van der Waals surface area (Å²) in [4.78, 5) is 25.7. The number of H-pyrrole nitrogens is 1. The topological polar surface area (TPSA) is 61.5 Å². The largest absolute Gasteiger partial charge is 0.364 e. The fourth-order valence-electron chi connectivity index (χ4n) is 6.24. The lowest BCUT2D eigenvalue weighted by Crippen LogP contribution is -2.51. The average Bonchev–Trinajstić information content (AvgIpc) is 3.12. The second-order valence-electron chi connectivity index (χ2n) is 9.11. The molecule has 1 amide bonds. The Bertz CT molecular complexity index is 847. The Morgan fingerprint density at radius 3 is 2.89 bits per heavy atom. The maximum Gasteiger partial charge on any atom is 0.249 e. The molecule has 0 radical (unpaired) electrons. The summed E-state index contributed by atoms with van der Waals surface area (Å²) in [5, 5.41) is 0. The third-order valence-corrected chi connectivity index (χ3v) is 7.35. The normalized spacial score (nSPS) is 32.6. The lowest BCUT2D eigenvalue weighted by atomic mass is 9.71. The van der Waals surface area contributed by atoms with Crippen molar-refractivity contribution in [1.82, 2.24) is 19.8 Å². The molecule has 1 aromatic heterocycles. The highest BCUT2D eigenvalue weighted by Crippen LogP contribution is 2.52. The molecule has 2 aliphatic heterocycles. The van der Waals surface area contributed by atoms with E-state index in [-0.39, 0.29) is 17.9 Å². The molecule has 150 valence electrons. The molecule has 3 heterocycles. The van der Waals surface area contributed by atoms with E-state index in [2.05, 4.69) is 33.7 Å². The van der Waals surface area contributed by atoms with Gasteiger partial charge in [-0.2, -0.15) is 0 Å². The number of likely N-dealkylation sites (N-methyl/N-ethyl adjacent to an activating group) is 1. The smallest absolute Gasteiger partial charge is 0.249 e. The van der Waals surface area contributed by atoms with Gasteiger partial charge in [0.15, 0.2) is 0 Å². The molecule has 28 heavy (non-hydrogen) atoms. The summed E-state index contributed by atoms with van der Waals surface area (Å²) in [7, 11) is 2.24. The Labute approximate surface area is 166 Å². The number of nitrogens with one attached hydrogen (secondary N) is 1. The van der Waals surface area contributed by atoms with Crippen molar-refractivity contribution in [2.75, 3.05) is 20.2 Å². The maximum atomic E-state index is 13.2. The second-order valence-corrected chi connectivity index (χ2v) is 9.11. The van der Waals surface area contributed by atoms with E-state index in [1.807, 2.05) is 24.3 Å². The molecule has 1 aliphatic carbocycles. The Balaban J connectivity index is 1.27. The molecule has 3 aliphatic rings. The van der Waals surface area contributed by atoms with E-state index in [0.717, 1.165) is 36.2 Å². The van der Waals surface area contributed by atoms with Crippen LogP contribution in [-0.4, -0.2) is 64.0 Å². The molecule has 0 unspecified atom stereocenters. The lowest BCUT2D eigenvalue weighted by molar-refractivity contribution is -0.140. The predicted molar refractivity (Wildman–Crippen MR) is 108 cm³/mol. The number of likely N-dealkylation sites (tertiary alicyclic amines) is 2. The highest BCUT2D eigenvalue weighted by atomic mass is 16.5. The fraction of sp³-hybridized carbons (Fsp3) is 0.636. The molecular weight excluding hydrogens is 352 g/mol. The molecular formula is C22H30N4O2. The zero-order chi connectivity index (χ0) is 19.3.